The third kappa shape index (κ3) is 3.56. The molecule has 7 nitrogen and oxygen atoms in total. The maximum Gasteiger partial charge on any atom is 0.212 e. The third-order valence-electron chi connectivity index (χ3n) is 5.44. The number of nitrogen functional groups attached to an aromatic ring is 1. The number of anilines is 1. The molecule has 0 saturated carbocycles. The lowest BCUT2D eigenvalue weighted by molar-refractivity contribution is 0.414. The van der Waals surface area contributed by atoms with E-state index in [2.05, 4.69) is 9.97 Å². The van der Waals surface area contributed by atoms with Crippen LogP contribution in [0.5, 0.6) is 5.75 Å². The molecule has 9 heteroatoms. The molecule has 0 aliphatic rings. The van der Waals surface area contributed by atoms with Crippen LogP contribution in [0.3, 0.4) is 0 Å². The molecule has 5 rings (SSSR count). The number of nitrogens with zero attached hydrogens (tertiary/aromatic N) is 3. The topological polar surface area (TPSA) is 100 Å². The summed E-state index contributed by atoms with van der Waals surface area (Å²) in [6.45, 7) is 0.276. The molecule has 0 amide bonds. The number of nitrogens with two attached hydrogens (primary N) is 1. The Hall–Kier alpha value is -3.98. The van der Waals surface area contributed by atoms with Crippen molar-refractivity contribution in [3.05, 3.63) is 84.2 Å². The highest BCUT2D eigenvalue weighted by molar-refractivity contribution is 7.92. The highest BCUT2D eigenvalue weighted by Crippen LogP contribution is 2.35. The van der Waals surface area contributed by atoms with Gasteiger partial charge in [-0.1, -0.05) is 24.3 Å². The van der Waals surface area contributed by atoms with E-state index in [4.69, 9.17) is 10.5 Å². The number of ether oxygens (including phenoxy) is 1. The van der Waals surface area contributed by atoms with E-state index in [0.29, 0.717) is 22.4 Å². The minimum atomic E-state index is -4.10. The summed E-state index contributed by atoms with van der Waals surface area (Å²) in [4.78, 5) is 9.06. The van der Waals surface area contributed by atoms with Crippen molar-refractivity contribution >= 4 is 37.9 Å². The first-order chi connectivity index (χ1) is 15.9. The fourth-order valence-corrected chi connectivity index (χ4v) is 5.27. The average molecular weight is 463 g/mol. The van der Waals surface area contributed by atoms with Crippen LogP contribution in [-0.2, 0) is 16.4 Å². The number of benzene rings is 3. The molecule has 0 aliphatic heterocycles. The number of aromatic nitrogens is 3. The fourth-order valence-electron chi connectivity index (χ4n) is 3.76. The summed E-state index contributed by atoms with van der Waals surface area (Å²) < 4.78 is 47.4. The number of hydrogen-bond acceptors (Lipinski definition) is 6. The molecule has 0 spiro atoms. The van der Waals surface area contributed by atoms with Crippen LogP contribution in [0.2, 0.25) is 0 Å². The van der Waals surface area contributed by atoms with Crippen LogP contribution in [0.15, 0.2) is 82.6 Å². The van der Waals surface area contributed by atoms with E-state index in [-0.39, 0.29) is 27.7 Å². The molecule has 5 aromatic rings. The Morgan fingerprint density at radius 1 is 0.939 bits per heavy atom. The second-order valence-electron chi connectivity index (χ2n) is 7.49. The molecule has 2 aromatic heterocycles. The third-order valence-corrected chi connectivity index (χ3v) is 7.27. The van der Waals surface area contributed by atoms with E-state index >= 15 is 0 Å². The number of hydrogen-bond donors (Lipinski definition) is 1. The molecule has 3 aromatic carbocycles. The molecule has 0 fully saturated rings. The maximum atomic E-state index is 13.6. The van der Waals surface area contributed by atoms with E-state index < -0.39 is 15.7 Å². The maximum absolute atomic E-state index is 13.6. The molecule has 33 heavy (non-hydrogen) atoms. The number of halogens is 1. The fraction of sp³-hybridized carbons (Fsp3) is 0.0833. The van der Waals surface area contributed by atoms with Crippen LogP contribution < -0.4 is 10.5 Å². The van der Waals surface area contributed by atoms with Crippen molar-refractivity contribution in [3.8, 4) is 5.75 Å². The molecule has 2 N–H and O–H groups in total. The highest BCUT2D eigenvalue weighted by Gasteiger charge is 2.30. The Labute approximate surface area is 189 Å². The summed E-state index contributed by atoms with van der Waals surface area (Å²) in [6.07, 6.45) is 0. The quantitative estimate of drug-likeness (QED) is 0.393. The van der Waals surface area contributed by atoms with Gasteiger partial charge >= 0.3 is 0 Å². The highest BCUT2D eigenvalue weighted by atomic mass is 32.2. The number of rotatable bonds is 5. The zero-order chi connectivity index (χ0) is 23.2. The molecule has 2 heterocycles. The second-order valence-corrected chi connectivity index (χ2v) is 9.38. The SMILES string of the molecule is COc1ccc(Cn2c(N)c(S(=O)(=O)c3ccc(F)cc3)c3nc4ccccc4nc32)cc1. The van der Waals surface area contributed by atoms with Gasteiger partial charge in [0.1, 0.15) is 27.8 Å². The largest absolute Gasteiger partial charge is 0.497 e. The van der Waals surface area contributed by atoms with Gasteiger partial charge in [-0.05, 0) is 54.1 Å². The minimum absolute atomic E-state index is 0.0143. The van der Waals surface area contributed by atoms with Gasteiger partial charge in [0.05, 0.1) is 29.6 Å². The monoisotopic (exact) mass is 462 g/mol. The van der Waals surface area contributed by atoms with E-state index in [1.807, 2.05) is 30.3 Å². The van der Waals surface area contributed by atoms with Crippen LogP contribution in [0.1, 0.15) is 5.56 Å². The minimum Gasteiger partial charge on any atom is -0.497 e. The van der Waals surface area contributed by atoms with Crippen LogP contribution in [0.4, 0.5) is 10.2 Å². The normalized spacial score (nSPS) is 11.8. The van der Waals surface area contributed by atoms with Crippen LogP contribution in [-0.4, -0.2) is 30.1 Å². The second kappa shape index (κ2) is 7.86. The van der Waals surface area contributed by atoms with Gasteiger partial charge in [-0.25, -0.2) is 22.8 Å². The van der Waals surface area contributed by atoms with Gasteiger partial charge in [0.25, 0.3) is 0 Å². The van der Waals surface area contributed by atoms with Gasteiger partial charge in [0.2, 0.25) is 9.84 Å². The zero-order valence-electron chi connectivity index (χ0n) is 17.6. The van der Waals surface area contributed by atoms with E-state index in [1.165, 1.54) is 12.1 Å². The molecule has 0 aliphatic carbocycles. The molecule has 166 valence electrons. The van der Waals surface area contributed by atoms with Gasteiger partial charge in [-0.15, -0.1) is 0 Å². The van der Waals surface area contributed by atoms with Gasteiger partial charge in [0.15, 0.2) is 5.65 Å². The smallest absolute Gasteiger partial charge is 0.212 e. The first-order valence-electron chi connectivity index (χ1n) is 10.1. The van der Waals surface area contributed by atoms with Gasteiger partial charge in [0, 0.05) is 0 Å². The average Bonchev–Trinajstić information content (AvgIpc) is 3.09. The van der Waals surface area contributed by atoms with Crippen molar-refractivity contribution in [1.29, 1.82) is 0 Å². The molecule has 0 saturated heterocycles. The Bertz CT molecular complexity index is 1600. The Balaban J connectivity index is 1.77. The summed E-state index contributed by atoms with van der Waals surface area (Å²) in [6, 6.07) is 19.2. The summed E-state index contributed by atoms with van der Waals surface area (Å²) in [5.74, 6) is 0.185. The first-order valence-corrected chi connectivity index (χ1v) is 11.5. The summed E-state index contributed by atoms with van der Waals surface area (Å²) in [7, 11) is -2.52. The van der Waals surface area contributed by atoms with Gasteiger partial charge in [-0.3, -0.25) is 0 Å². The van der Waals surface area contributed by atoms with Crippen molar-refractivity contribution in [1.82, 2.24) is 14.5 Å². The standard InChI is InChI=1S/C24H19FN4O3S/c1-32-17-10-6-15(7-11-17)14-29-23(26)22(33(30,31)18-12-8-16(25)9-13-18)21-24(29)28-20-5-3-2-4-19(20)27-21/h2-13H,14,26H2,1H3. The van der Waals surface area contributed by atoms with Crippen molar-refractivity contribution in [2.24, 2.45) is 0 Å². The summed E-state index contributed by atoms with van der Waals surface area (Å²) in [5, 5.41) is 0. The lowest BCUT2D eigenvalue weighted by atomic mass is 10.2. The molecule has 0 unspecified atom stereocenters. The molecular weight excluding hydrogens is 443 g/mol. The Morgan fingerprint density at radius 3 is 2.21 bits per heavy atom. The van der Waals surface area contributed by atoms with Gasteiger partial charge in [-0.2, -0.15) is 0 Å². The lowest BCUT2D eigenvalue weighted by Gasteiger charge is -2.09. The van der Waals surface area contributed by atoms with Crippen molar-refractivity contribution in [2.45, 2.75) is 16.3 Å². The van der Waals surface area contributed by atoms with E-state index in [9.17, 15) is 12.8 Å². The molecule has 0 atom stereocenters. The van der Waals surface area contributed by atoms with E-state index in [0.717, 1.165) is 17.7 Å². The van der Waals surface area contributed by atoms with Crippen molar-refractivity contribution in [3.63, 3.8) is 0 Å². The first kappa shape index (κ1) is 20.9. The predicted octanol–water partition coefficient (Wildman–Crippen LogP) is 4.20. The number of sulfone groups is 1. The Kier molecular flexibility index (Phi) is 4.98. The van der Waals surface area contributed by atoms with Crippen LogP contribution in [0, 0.1) is 5.82 Å². The van der Waals surface area contributed by atoms with Crippen molar-refractivity contribution < 1.29 is 17.5 Å². The molecule has 0 bridgehead atoms. The summed E-state index contributed by atoms with van der Waals surface area (Å²) >= 11 is 0. The molecular formula is C24H19FN4O3S. The zero-order valence-corrected chi connectivity index (χ0v) is 18.4. The van der Waals surface area contributed by atoms with Gasteiger partial charge < -0.3 is 15.0 Å². The number of fused-ring (bicyclic) bond motifs is 2. The Morgan fingerprint density at radius 2 is 1.58 bits per heavy atom. The summed E-state index contributed by atoms with van der Waals surface area (Å²) in [5.41, 5.74) is 8.99. The number of methoxy groups -OCH3 is 1. The van der Waals surface area contributed by atoms with Crippen LogP contribution in [0.25, 0.3) is 22.2 Å². The molecule has 0 radical (unpaired) electrons. The number of para-hydroxylation sites is 2. The predicted molar refractivity (Wildman–Crippen MR) is 123 cm³/mol. The lowest BCUT2D eigenvalue weighted by Crippen LogP contribution is -2.09. The van der Waals surface area contributed by atoms with E-state index in [1.54, 1.807) is 29.9 Å². The van der Waals surface area contributed by atoms with Crippen LogP contribution >= 0.6 is 0 Å². The van der Waals surface area contributed by atoms with Crippen molar-refractivity contribution in [2.75, 3.05) is 12.8 Å².